The van der Waals surface area contributed by atoms with Crippen LogP contribution < -0.4 is 9.47 Å². The Bertz CT molecular complexity index is 623. The SMILES string of the molecule is COc1ncccc1COc1ccc(C#N)cc1Cl. The Morgan fingerprint density at radius 3 is 2.89 bits per heavy atom. The van der Waals surface area contributed by atoms with Crippen LogP contribution in [0, 0.1) is 11.3 Å². The van der Waals surface area contributed by atoms with Crippen molar-refractivity contribution in [1.29, 1.82) is 5.26 Å². The number of rotatable bonds is 4. The van der Waals surface area contributed by atoms with Gasteiger partial charge in [-0.15, -0.1) is 0 Å². The second-order valence-corrected chi connectivity index (χ2v) is 4.12. The molecule has 0 aliphatic heterocycles. The van der Waals surface area contributed by atoms with Crippen LogP contribution in [-0.4, -0.2) is 12.1 Å². The molecule has 0 aliphatic carbocycles. The molecule has 0 unspecified atom stereocenters. The number of hydrogen-bond acceptors (Lipinski definition) is 4. The fraction of sp³-hybridized carbons (Fsp3) is 0.143. The Balaban J connectivity index is 2.13. The van der Waals surface area contributed by atoms with Crippen LogP contribution in [0.15, 0.2) is 36.5 Å². The highest BCUT2D eigenvalue weighted by Gasteiger charge is 2.07. The zero-order chi connectivity index (χ0) is 13.7. The molecule has 1 aromatic carbocycles. The molecule has 4 nitrogen and oxygen atoms in total. The maximum atomic E-state index is 8.75. The van der Waals surface area contributed by atoms with Crippen molar-refractivity contribution in [3.05, 3.63) is 52.7 Å². The number of ether oxygens (including phenoxy) is 2. The average Bonchev–Trinajstić information content (AvgIpc) is 2.46. The minimum atomic E-state index is 0.294. The second kappa shape index (κ2) is 6.07. The molecule has 0 saturated heterocycles. The lowest BCUT2D eigenvalue weighted by Crippen LogP contribution is -2.00. The van der Waals surface area contributed by atoms with Crippen LogP contribution in [0.4, 0.5) is 0 Å². The van der Waals surface area contributed by atoms with E-state index in [1.165, 1.54) is 0 Å². The van der Waals surface area contributed by atoms with Crippen LogP contribution in [0.25, 0.3) is 0 Å². The molecule has 1 aromatic heterocycles. The number of aromatic nitrogens is 1. The van der Waals surface area contributed by atoms with E-state index in [0.29, 0.717) is 28.8 Å². The van der Waals surface area contributed by atoms with Gasteiger partial charge in [-0.25, -0.2) is 4.98 Å². The van der Waals surface area contributed by atoms with Gasteiger partial charge in [0.05, 0.1) is 29.3 Å². The van der Waals surface area contributed by atoms with Crippen molar-refractivity contribution in [3.63, 3.8) is 0 Å². The summed E-state index contributed by atoms with van der Waals surface area (Å²) in [5.74, 6) is 1.04. The highest BCUT2D eigenvalue weighted by atomic mass is 35.5. The molecule has 0 atom stereocenters. The summed E-state index contributed by atoms with van der Waals surface area (Å²) < 4.78 is 10.7. The molecule has 0 fully saturated rings. The first-order chi connectivity index (χ1) is 9.24. The van der Waals surface area contributed by atoms with Gasteiger partial charge in [-0.05, 0) is 30.3 Å². The minimum absolute atomic E-state index is 0.294. The van der Waals surface area contributed by atoms with Gasteiger partial charge in [0.1, 0.15) is 12.4 Å². The summed E-state index contributed by atoms with van der Waals surface area (Å²) in [6.07, 6.45) is 1.65. The third-order valence-electron chi connectivity index (χ3n) is 2.49. The molecule has 0 aliphatic rings. The number of halogens is 1. The zero-order valence-corrected chi connectivity index (χ0v) is 11.0. The number of hydrogen-bond donors (Lipinski definition) is 0. The van der Waals surface area contributed by atoms with Crippen molar-refractivity contribution >= 4 is 11.6 Å². The Kier molecular flexibility index (Phi) is 4.22. The average molecular weight is 275 g/mol. The Labute approximate surface area is 116 Å². The van der Waals surface area contributed by atoms with Crippen molar-refractivity contribution in [2.24, 2.45) is 0 Å². The highest BCUT2D eigenvalue weighted by Crippen LogP contribution is 2.27. The topological polar surface area (TPSA) is 55.1 Å². The van der Waals surface area contributed by atoms with Gasteiger partial charge >= 0.3 is 0 Å². The Morgan fingerprint density at radius 2 is 2.21 bits per heavy atom. The largest absolute Gasteiger partial charge is 0.487 e. The molecule has 19 heavy (non-hydrogen) atoms. The quantitative estimate of drug-likeness (QED) is 0.859. The van der Waals surface area contributed by atoms with E-state index >= 15 is 0 Å². The predicted octanol–water partition coefficient (Wildman–Crippen LogP) is 3.19. The van der Waals surface area contributed by atoms with Gasteiger partial charge in [0, 0.05) is 6.20 Å². The Hall–Kier alpha value is -2.25. The van der Waals surface area contributed by atoms with E-state index in [-0.39, 0.29) is 0 Å². The summed E-state index contributed by atoms with van der Waals surface area (Å²) >= 11 is 6.03. The second-order valence-electron chi connectivity index (χ2n) is 3.72. The van der Waals surface area contributed by atoms with Crippen molar-refractivity contribution in [2.45, 2.75) is 6.61 Å². The number of methoxy groups -OCH3 is 1. The van der Waals surface area contributed by atoms with E-state index in [0.717, 1.165) is 5.56 Å². The minimum Gasteiger partial charge on any atom is -0.487 e. The zero-order valence-electron chi connectivity index (χ0n) is 10.3. The lowest BCUT2D eigenvalue weighted by atomic mass is 10.2. The monoisotopic (exact) mass is 274 g/mol. The summed E-state index contributed by atoms with van der Waals surface area (Å²) in [5.41, 5.74) is 1.32. The van der Waals surface area contributed by atoms with Gasteiger partial charge in [0.25, 0.3) is 0 Å². The molecular formula is C14H11ClN2O2. The van der Waals surface area contributed by atoms with E-state index in [1.54, 1.807) is 31.5 Å². The smallest absolute Gasteiger partial charge is 0.219 e. The van der Waals surface area contributed by atoms with Crippen LogP contribution in [-0.2, 0) is 6.61 Å². The van der Waals surface area contributed by atoms with Crippen molar-refractivity contribution in [3.8, 4) is 17.7 Å². The van der Waals surface area contributed by atoms with Gasteiger partial charge in [-0.2, -0.15) is 5.26 Å². The maximum absolute atomic E-state index is 8.75. The molecule has 0 saturated carbocycles. The van der Waals surface area contributed by atoms with Crippen molar-refractivity contribution < 1.29 is 9.47 Å². The molecule has 0 bridgehead atoms. The van der Waals surface area contributed by atoms with Crippen LogP contribution in [0.3, 0.4) is 0 Å². The summed E-state index contributed by atoms with van der Waals surface area (Å²) in [6.45, 7) is 0.294. The first kappa shape index (κ1) is 13.2. The molecule has 96 valence electrons. The molecule has 0 radical (unpaired) electrons. The van der Waals surface area contributed by atoms with Crippen LogP contribution in [0.1, 0.15) is 11.1 Å². The lowest BCUT2D eigenvalue weighted by molar-refractivity contribution is 0.294. The van der Waals surface area contributed by atoms with E-state index < -0.39 is 0 Å². The number of benzene rings is 1. The van der Waals surface area contributed by atoms with E-state index in [2.05, 4.69) is 4.98 Å². The van der Waals surface area contributed by atoms with Crippen molar-refractivity contribution in [2.75, 3.05) is 7.11 Å². The van der Waals surface area contributed by atoms with Gasteiger partial charge < -0.3 is 9.47 Å². The first-order valence-electron chi connectivity index (χ1n) is 5.55. The number of nitrogens with zero attached hydrogens (tertiary/aromatic N) is 2. The normalized spacial score (nSPS) is 9.74. The molecule has 0 spiro atoms. The highest BCUT2D eigenvalue weighted by molar-refractivity contribution is 6.32. The molecule has 2 rings (SSSR count). The molecular weight excluding hydrogens is 264 g/mol. The molecule has 1 heterocycles. The van der Waals surface area contributed by atoms with Gasteiger partial charge in [-0.1, -0.05) is 11.6 Å². The number of pyridine rings is 1. The number of nitriles is 1. The predicted molar refractivity (Wildman–Crippen MR) is 71.3 cm³/mol. The van der Waals surface area contributed by atoms with Gasteiger partial charge in [0.15, 0.2) is 0 Å². The van der Waals surface area contributed by atoms with Crippen LogP contribution in [0.2, 0.25) is 5.02 Å². The summed E-state index contributed by atoms with van der Waals surface area (Å²) in [6, 6.07) is 10.6. The van der Waals surface area contributed by atoms with Gasteiger partial charge in [0.2, 0.25) is 5.88 Å². The summed E-state index contributed by atoms with van der Waals surface area (Å²) in [4.78, 5) is 4.08. The van der Waals surface area contributed by atoms with Crippen LogP contribution >= 0.6 is 11.6 Å². The molecule has 2 aromatic rings. The van der Waals surface area contributed by atoms with E-state index in [9.17, 15) is 0 Å². The Morgan fingerprint density at radius 1 is 1.37 bits per heavy atom. The van der Waals surface area contributed by atoms with E-state index in [1.807, 2.05) is 18.2 Å². The lowest BCUT2D eigenvalue weighted by Gasteiger charge is -2.10. The molecule has 0 amide bonds. The van der Waals surface area contributed by atoms with E-state index in [4.69, 9.17) is 26.3 Å². The van der Waals surface area contributed by atoms with Gasteiger partial charge in [-0.3, -0.25) is 0 Å². The maximum Gasteiger partial charge on any atom is 0.219 e. The third-order valence-corrected chi connectivity index (χ3v) is 2.78. The standard InChI is InChI=1S/C14H11ClN2O2/c1-18-14-11(3-2-6-17-14)9-19-13-5-4-10(8-16)7-12(13)15/h2-7H,9H2,1H3. The summed E-state index contributed by atoms with van der Waals surface area (Å²) in [7, 11) is 1.56. The van der Waals surface area contributed by atoms with Crippen LogP contribution in [0.5, 0.6) is 11.6 Å². The molecule has 0 N–H and O–H groups in total. The first-order valence-corrected chi connectivity index (χ1v) is 5.92. The molecule has 5 heteroatoms. The third kappa shape index (κ3) is 3.15. The fourth-order valence-electron chi connectivity index (χ4n) is 1.56. The summed E-state index contributed by atoms with van der Waals surface area (Å²) in [5, 5.41) is 9.16. The fourth-order valence-corrected chi connectivity index (χ4v) is 1.80. The van der Waals surface area contributed by atoms with Crippen molar-refractivity contribution in [1.82, 2.24) is 4.98 Å².